The van der Waals surface area contributed by atoms with Gasteiger partial charge in [-0.3, -0.25) is 10.1 Å². The van der Waals surface area contributed by atoms with Gasteiger partial charge in [0.1, 0.15) is 0 Å². The number of aromatic nitrogens is 2. The molecule has 0 fully saturated rings. The summed E-state index contributed by atoms with van der Waals surface area (Å²) in [5, 5.41) is 17.8. The number of hydrogen-bond donors (Lipinski definition) is 2. The molecule has 0 radical (unpaired) electrons. The van der Waals surface area contributed by atoms with Crippen LogP contribution in [0, 0.1) is 3.57 Å². The minimum Gasteiger partial charge on any atom is -0.356 e. The lowest BCUT2D eigenvalue weighted by Crippen LogP contribution is -2.11. The summed E-state index contributed by atoms with van der Waals surface area (Å²) in [6.45, 7) is 0.640. The molecule has 0 spiro atoms. The molecule has 1 aromatic heterocycles. The van der Waals surface area contributed by atoms with Gasteiger partial charge >= 0.3 is 0 Å². The Hall–Kier alpha value is -2.52. The van der Waals surface area contributed by atoms with Crippen molar-refractivity contribution >= 4 is 60.9 Å². The van der Waals surface area contributed by atoms with Crippen molar-refractivity contribution in [1.82, 2.24) is 10.2 Å². The maximum atomic E-state index is 12.3. The molecule has 5 nitrogen and oxygen atoms in total. The topological polar surface area (TPSA) is 66.9 Å². The smallest absolute Gasteiger partial charge is 0.257 e. The number of amides is 1. The number of carbonyl (C=O) groups excluding carboxylic acids is 1. The molecule has 0 aliphatic heterocycles. The number of benzene rings is 3. The molecule has 4 aromatic rings. The summed E-state index contributed by atoms with van der Waals surface area (Å²) in [4.78, 5) is 12.3. The number of anilines is 2. The van der Waals surface area contributed by atoms with Gasteiger partial charge in [0.05, 0.1) is 0 Å². The van der Waals surface area contributed by atoms with E-state index < -0.39 is 0 Å². The van der Waals surface area contributed by atoms with Gasteiger partial charge in [-0.25, -0.2) is 0 Å². The normalized spacial score (nSPS) is 10.7. The monoisotopic (exact) mass is 486 g/mol. The molecule has 0 saturated carbocycles. The van der Waals surface area contributed by atoms with E-state index in [1.165, 1.54) is 27.7 Å². The minimum absolute atomic E-state index is 0.192. The lowest BCUT2D eigenvalue weighted by molar-refractivity contribution is 0.102. The zero-order valence-electron chi connectivity index (χ0n) is 14.1. The van der Waals surface area contributed by atoms with Crippen LogP contribution >= 0.6 is 33.9 Å². The first kappa shape index (κ1) is 17.9. The van der Waals surface area contributed by atoms with Crippen molar-refractivity contribution in [3.8, 4) is 0 Å². The van der Waals surface area contributed by atoms with Gasteiger partial charge in [-0.1, -0.05) is 53.8 Å². The molecule has 27 heavy (non-hydrogen) atoms. The van der Waals surface area contributed by atoms with Gasteiger partial charge in [0.2, 0.25) is 10.3 Å². The molecule has 0 aliphatic rings. The van der Waals surface area contributed by atoms with E-state index in [0.717, 1.165) is 3.57 Å². The third-order valence-corrected chi connectivity index (χ3v) is 5.58. The Morgan fingerprint density at radius 1 is 0.926 bits per heavy atom. The average molecular weight is 486 g/mol. The first-order valence-corrected chi connectivity index (χ1v) is 10.2. The van der Waals surface area contributed by atoms with E-state index >= 15 is 0 Å². The number of nitrogens with zero attached hydrogens (tertiary/aromatic N) is 2. The van der Waals surface area contributed by atoms with Crippen LogP contribution in [0.25, 0.3) is 10.8 Å². The molecule has 7 heteroatoms. The molecule has 2 N–H and O–H groups in total. The van der Waals surface area contributed by atoms with Gasteiger partial charge in [-0.05, 0) is 63.2 Å². The van der Waals surface area contributed by atoms with Crippen molar-refractivity contribution in [3.05, 3.63) is 81.4 Å². The molecular weight excluding hydrogens is 471 g/mol. The van der Waals surface area contributed by atoms with E-state index in [1.54, 1.807) is 12.1 Å². The van der Waals surface area contributed by atoms with Gasteiger partial charge in [0, 0.05) is 15.7 Å². The first-order chi connectivity index (χ1) is 13.2. The second kappa shape index (κ2) is 8.01. The molecule has 0 aliphatic carbocycles. The predicted octanol–water partition coefficient (Wildman–Crippen LogP) is 5.16. The number of hydrogen-bond acceptors (Lipinski definition) is 5. The molecule has 0 bridgehead atoms. The second-order valence-electron chi connectivity index (χ2n) is 5.87. The molecule has 0 saturated heterocycles. The number of fused-ring (bicyclic) bond motifs is 1. The van der Waals surface area contributed by atoms with Crippen LogP contribution in [0.2, 0.25) is 0 Å². The maximum Gasteiger partial charge on any atom is 0.257 e. The number of rotatable bonds is 5. The van der Waals surface area contributed by atoms with Crippen molar-refractivity contribution < 1.29 is 4.79 Å². The molecule has 0 atom stereocenters. The van der Waals surface area contributed by atoms with Crippen LogP contribution in [0.15, 0.2) is 66.7 Å². The Balaban J connectivity index is 1.42. The summed E-state index contributed by atoms with van der Waals surface area (Å²) < 4.78 is 1.08. The molecule has 1 amide bonds. The fraction of sp³-hybridized carbons (Fsp3) is 0.0500. The van der Waals surface area contributed by atoms with Gasteiger partial charge < -0.3 is 5.32 Å². The van der Waals surface area contributed by atoms with Gasteiger partial charge in [0.25, 0.3) is 5.91 Å². The van der Waals surface area contributed by atoms with Gasteiger partial charge in [-0.2, -0.15) is 0 Å². The Labute approximate surface area is 174 Å². The van der Waals surface area contributed by atoms with Gasteiger partial charge in [0.15, 0.2) is 0 Å². The molecule has 0 unspecified atom stereocenters. The lowest BCUT2D eigenvalue weighted by Gasteiger charge is -2.06. The highest BCUT2D eigenvalue weighted by atomic mass is 127. The summed E-state index contributed by atoms with van der Waals surface area (Å²) in [5.74, 6) is -0.192. The van der Waals surface area contributed by atoms with Crippen molar-refractivity contribution in [1.29, 1.82) is 0 Å². The third-order valence-electron chi connectivity index (χ3n) is 4.06. The van der Waals surface area contributed by atoms with Gasteiger partial charge in [-0.15, -0.1) is 10.2 Å². The zero-order chi connectivity index (χ0) is 18.6. The predicted molar refractivity (Wildman–Crippen MR) is 118 cm³/mol. The highest BCUT2D eigenvalue weighted by Gasteiger charge is 2.10. The molecule has 134 valence electrons. The van der Waals surface area contributed by atoms with Crippen LogP contribution in [0.5, 0.6) is 0 Å². The first-order valence-electron chi connectivity index (χ1n) is 8.30. The Bertz CT molecular complexity index is 1090. The van der Waals surface area contributed by atoms with Crippen molar-refractivity contribution in [3.63, 3.8) is 0 Å². The average Bonchev–Trinajstić information content (AvgIpc) is 3.14. The molecule has 1 heterocycles. The van der Waals surface area contributed by atoms with Crippen LogP contribution < -0.4 is 10.6 Å². The van der Waals surface area contributed by atoms with Crippen molar-refractivity contribution in [2.75, 3.05) is 10.6 Å². The summed E-state index contributed by atoms with van der Waals surface area (Å²) in [5.41, 5.74) is 1.78. The zero-order valence-corrected chi connectivity index (χ0v) is 17.1. The van der Waals surface area contributed by atoms with Crippen molar-refractivity contribution in [2.24, 2.45) is 0 Å². The summed E-state index contributed by atoms with van der Waals surface area (Å²) in [6, 6.07) is 21.9. The Morgan fingerprint density at radius 3 is 2.52 bits per heavy atom. The standard InChI is InChI=1S/C20H15IN4OS/c21-16-10-8-14(9-11-16)18(26)23-20-25-24-19(27-20)22-12-15-6-3-5-13-4-1-2-7-17(13)15/h1-11H,12H2,(H,22,24)(H,23,25,26). The molecular formula is C20H15IN4OS. The van der Waals surface area contributed by atoms with E-state index in [0.29, 0.717) is 22.4 Å². The Morgan fingerprint density at radius 2 is 1.67 bits per heavy atom. The van der Waals surface area contributed by atoms with E-state index in [1.807, 2.05) is 30.3 Å². The highest BCUT2D eigenvalue weighted by molar-refractivity contribution is 14.1. The number of nitrogens with one attached hydrogen (secondary N) is 2. The SMILES string of the molecule is O=C(Nc1nnc(NCc2cccc3ccccc23)s1)c1ccc(I)cc1. The fourth-order valence-corrected chi connectivity index (χ4v) is 3.73. The van der Waals surface area contributed by atoms with E-state index in [9.17, 15) is 4.79 Å². The van der Waals surface area contributed by atoms with Crippen LogP contribution in [0.1, 0.15) is 15.9 Å². The third kappa shape index (κ3) is 4.25. The van der Waals surface area contributed by atoms with E-state index in [-0.39, 0.29) is 5.91 Å². The van der Waals surface area contributed by atoms with Crippen LogP contribution in [-0.2, 0) is 6.54 Å². The highest BCUT2D eigenvalue weighted by Crippen LogP contribution is 2.23. The number of halogens is 1. The molecule has 4 rings (SSSR count). The van der Waals surface area contributed by atoms with Crippen molar-refractivity contribution in [2.45, 2.75) is 6.54 Å². The number of carbonyl (C=O) groups is 1. The largest absolute Gasteiger partial charge is 0.356 e. The van der Waals surface area contributed by atoms with E-state index in [4.69, 9.17) is 0 Å². The minimum atomic E-state index is -0.192. The van der Waals surface area contributed by atoms with Crippen LogP contribution in [0.4, 0.5) is 10.3 Å². The lowest BCUT2D eigenvalue weighted by atomic mass is 10.0. The van der Waals surface area contributed by atoms with Crippen LogP contribution in [-0.4, -0.2) is 16.1 Å². The van der Waals surface area contributed by atoms with Crippen LogP contribution in [0.3, 0.4) is 0 Å². The quantitative estimate of drug-likeness (QED) is 0.383. The summed E-state index contributed by atoms with van der Waals surface area (Å²) >= 11 is 3.52. The molecule has 3 aromatic carbocycles. The maximum absolute atomic E-state index is 12.3. The van der Waals surface area contributed by atoms with E-state index in [2.05, 4.69) is 67.7 Å². The second-order valence-corrected chi connectivity index (χ2v) is 8.09. The summed E-state index contributed by atoms with van der Waals surface area (Å²) in [6.07, 6.45) is 0. The fourth-order valence-electron chi connectivity index (χ4n) is 2.73. The Kier molecular flexibility index (Phi) is 5.30. The summed E-state index contributed by atoms with van der Waals surface area (Å²) in [7, 11) is 0.